The number of anilines is 1. The topological polar surface area (TPSA) is 75.3 Å². The molecule has 2 amide bonds. The molecule has 0 unspecified atom stereocenters. The van der Waals surface area contributed by atoms with Crippen LogP contribution >= 0.6 is 0 Å². The first-order chi connectivity index (χ1) is 13.7. The third kappa shape index (κ3) is 3.42. The first-order valence-electron chi connectivity index (χ1n) is 9.00. The predicted molar refractivity (Wildman–Crippen MR) is 107 cm³/mol. The molecule has 0 fully saturated rings. The molecule has 5 nitrogen and oxygen atoms in total. The number of amides is 2. The maximum Gasteiger partial charge on any atom is 0.254 e. The van der Waals surface area contributed by atoms with Gasteiger partial charge in [-0.3, -0.25) is 14.4 Å². The Labute approximate surface area is 162 Å². The summed E-state index contributed by atoms with van der Waals surface area (Å²) in [6.45, 7) is 0. The van der Waals surface area contributed by atoms with Crippen LogP contribution in [0.1, 0.15) is 26.3 Å². The van der Waals surface area contributed by atoms with Gasteiger partial charge in [0.25, 0.3) is 5.91 Å². The first-order valence-corrected chi connectivity index (χ1v) is 9.00. The highest BCUT2D eigenvalue weighted by molar-refractivity contribution is 6.10. The van der Waals surface area contributed by atoms with Gasteiger partial charge in [-0.1, -0.05) is 60.7 Å². The van der Waals surface area contributed by atoms with Crippen molar-refractivity contribution in [3.8, 4) is 11.1 Å². The molecule has 0 aliphatic carbocycles. The zero-order chi connectivity index (χ0) is 19.5. The van der Waals surface area contributed by atoms with Gasteiger partial charge in [-0.15, -0.1) is 0 Å². The van der Waals surface area contributed by atoms with E-state index < -0.39 is 6.04 Å². The van der Waals surface area contributed by atoms with Gasteiger partial charge in [-0.25, -0.2) is 0 Å². The van der Waals surface area contributed by atoms with Crippen molar-refractivity contribution >= 4 is 23.8 Å². The Bertz CT molecular complexity index is 1060. The second kappa shape index (κ2) is 7.48. The van der Waals surface area contributed by atoms with Gasteiger partial charge in [-0.2, -0.15) is 0 Å². The average Bonchev–Trinajstić information content (AvgIpc) is 2.84. The molecule has 4 rings (SSSR count). The average molecular weight is 370 g/mol. The van der Waals surface area contributed by atoms with Gasteiger partial charge in [-0.05, 0) is 28.8 Å². The van der Waals surface area contributed by atoms with Crippen molar-refractivity contribution < 1.29 is 14.4 Å². The van der Waals surface area contributed by atoms with Gasteiger partial charge in [0.2, 0.25) is 5.91 Å². The minimum absolute atomic E-state index is 0.253. The molecule has 138 valence electrons. The standard InChI is InChI=1S/C23H18N2O3/c26-14-17-8-4-5-9-18(17)16-10-11-20-19(13-16)22(27)25-21(23(28)24-20)12-15-6-2-1-3-7-15/h1-11,13-14,21H,12H2,(H,24,28)(H,25,27)/t21-/m1/s1. The van der Waals surface area contributed by atoms with Gasteiger partial charge < -0.3 is 10.6 Å². The van der Waals surface area contributed by atoms with Crippen LogP contribution in [0, 0.1) is 0 Å². The van der Waals surface area contributed by atoms with Crippen LogP contribution in [0.25, 0.3) is 11.1 Å². The number of aldehydes is 1. The van der Waals surface area contributed by atoms with Crippen molar-refractivity contribution in [1.82, 2.24) is 5.32 Å². The lowest BCUT2D eigenvalue weighted by molar-refractivity contribution is -0.117. The monoisotopic (exact) mass is 370 g/mol. The fourth-order valence-corrected chi connectivity index (χ4v) is 3.39. The van der Waals surface area contributed by atoms with E-state index in [2.05, 4.69) is 10.6 Å². The Hall–Kier alpha value is -3.73. The first kappa shape index (κ1) is 17.7. The quantitative estimate of drug-likeness (QED) is 0.691. The molecule has 1 aliphatic rings. The molecule has 28 heavy (non-hydrogen) atoms. The number of carbonyl (C=O) groups excluding carboxylic acids is 3. The molecule has 0 spiro atoms. The van der Waals surface area contributed by atoms with E-state index in [4.69, 9.17) is 0 Å². The van der Waals surface area contributed by atoms with Crippen molar-refractivity contribution in [1.29, 1.82) is 0 Å². The number of rotatable bonds is 4. The molecule has 0 aromatic heterocycles. The van der Waals surface area contributed by atoms with Crippen molar-refractivity contribution in [2.45, 2.75) is 12.5 Å². The predicted octanol–water partition coefficient (Wildman–Crippen LogP) is 3.46. The smallest absolute Gasteiger partial charge is 0.254 e. The zero-order valence-corrected chi connectivity index (χ0v) is 15.0. The van der Waals surface area contributed by atoms with Gasteiger partial charge >= 0.3 is 0 Å². The molecule has 1 atom stereocenters. The van der Waals surface area contributed by atoms with E-state index in [-0.39, 0.29) is 11.8 Å². The molecule has 0 saturated heterocycles. The molecule has 0 radical (unpaired) electrons. The minimum Gasteiger partial charge on any atom is -0.340 e. The number of hydrogen-bond acceptors (Lipinski definition) is 3. The van der Waals surface area contributed by atoms with E-state index in [1.54, 1.807) is 30.3 Å². The third-order valence-electron chi connectivity index (χ3n) is 4.83. The zero-order valence-electron chi connectivity index (χ0n) is 15.0. The number of nitrogens with one attached hydrogen (secondary N) is 2. The molecule has 5 heteroatoms. The lowest BCUT2D eigenvalue weighted by Crippen LogP contribution is -2.42. The van der Waals surface area contributed by atoms with Gasteiger partial charge in [0.15, 0.2) is 6.29 Å². The molecular weight excluding hydrogens is 352 g/mol. The summed E-state index contributed by atoms with van der Waals surface area (Å²) >= 11 is 0. The van der Waals surface area contributed by atoms with Crippen molar-refractivity contribution in [2.24, 2.45) is 0 Å². The molecule has 0 bridgehead atoms. The highest BCUT2D eigenvalue weighted by Crippen LogP contribution is 2.28. The van der Waals surface area contributed by atoms with Crippen LogP contribution in [-0.2, 0) is 11.2 Å². The molecule has 3 aromatic rings. The Morgan fingerprint density at radius 2 is 1.61 bits per heavy atom. The third-order valence-corrected chi connectivity index (χ3v) is 4.83. The Balaban J connectivity index is 1.66. The summed E-state index contributed by atoms with van der Waals surface area (Å²) in [7, 11) is 0. The van der Waals surface area contributed by atoms with Crippen LogP contribution in [0.5, 0.6) is 0 Å². The van der Waals surface area contributed by atoms with Gasteiger partial charge in [0, 0.05) is 12.0 Å². The van der Waals surface area contributed by atoms with Crippen LogP contribution in [0.3, 0.4) is 0 Å². The summed E-state index contributed by atoms with van der Waals surface area (Å²) in [5, 5.41) is 5.66. The largest absolute Gasteiger partial charge is 0.340 e. The minimum atomic E-state index is -0.659. The summed E-state index contributed by atoms with van der Waals surface area (Å²) in [6, 6.07) is 21.3. The van der Waals surface area contributed by atoms with Crippen molar-refractivity contribution in [3.63, 3.8) is 0 Å². The normalized spacial score (nSPS) is 15.8. The highest BCUT2D eigenvalue weighted by atomic mass is 16.2. The maximum absolute atomic E-state index is 12.8. The van der Waals surface area contributed by atoms with Crippen LogP contribution in [-0.4, -0.2) is 24.1 Å². The molecule has 2 N–H and O–H groups in total. The maximum atomic E-state index is 12.8. The summed E-state index contributed by atoms with van der Waals surface area (Å²) in [6.07, 6.45) is 1.20. The summed E-state index contributed by atoms with van der Waals surface area (Å²) < 4.78 is 0. The summed E-state index contributed by atoms with van der Waals surface area (Å²) in [5.74, 6) is -0.572. The lowest BCUT2D eigenvalue weighted by Gasteiger charge is -2.14. The number of fused-ring (bicyclic) bond motifs is 1. The van der Waals surface area contributed by atoms with Crippen LogP contribution < -0.4 is 10.6 Å². The van der Waals surface area contributed by atoms with E-state index in [0.29, 0.717) is 23.2 Å². The SMILES string of the molecule is O=Cc1ccccc1-c1ccc2c(c1)C(=O)N[C@H](Cc1ccccc1)C(=O)N2. The summed E-state index contributed by atoms with van der Waals surface area (Å²) in [5.41, 5.74) is 3.83. The fourth-order valence-electron chi connectivity index (χ4n) is 3.39. The highest BCUT2D eigenvalue weighted by Gasteiger charge is 2.28. The molecule has 3 aromatic carbocycles. The van der Waals surface area contributed by atoms with E-state index >= 15 is 0 Å². The summed E-state index contributed by atoms with van der Waals surface area (Å²) in [4.78, 5) is 36.8. The van der Waals surface area contributed by atoms with Gasteiger partial charge in [0.1, 0.15) is 6.04 Å². The van der Waals surface area contributed by atoms with E-state index in [0.717, 1.165) is 23.0 Å². The van der Waals surface area contributed by atoms with Crippen molar-refractivity contribution in [2.75, 3.05) is 5.32 Å². The van der Waals surface area contributed by atoms with Crippen LogP contribution in [0.15, 0.2) is 72.8 Å². The Kier molecular flexibility index (Phi) is 4.72. The van der Waals surface area contributed by atoms with Crippen molar-refractivity contribution in [3.05, 3.63) is 89.5 Å². The van der Waals surface area contributed by atoms with Crippen LogP contribution in [0.4, 0.5) is 5.69 Å². The Morgan fingerprint density at radius 3 is 2.39 bits per heavy atom. The Morgan fingerprint density at radius 1 is 0.857 bits per heavy atom. The van der Waals surface area contributed by atoms with Crippen LogP contribution in [0.2, 0.25) is 0 Å². The lowest BCUT2D eigenvalue weighted by atomic mass is 9.97. The van der Waals surface area contributed by atoms with E-state index in [9.17, 15) is 14.4 Å². The second-order valence-corrected chi connectivity index (χ2v) is 6.67. The van der Waals surface area contributed by atoms with E-state index in [1.807, 2.05) is 42.5 Å². The second-order valence-electron chi connectivity index (χ2n) is 6.67. The molecular formula is C23H18N2O3. The number of benzene rings is 3. The molecule has 0 saturated carbocycles. The van der Waals surface area contributed by atoms with E-state index in [1.165, 1.54) is 0 Å². The number of hydrogen-bond donors (Lipinski definition) is 2. The molecule has 1 aliphatic heterocycles. The number of carbonyl (C=O) groups is 3. The fraction of sp³-hybridized carbons (Fsp3) is 0.0870. The molecule has 1 heterocycles. The van der Waals surface area contributed by atoms with Gasteiger partial charge in [0.05, 0.1) is 11.3 Å².